The van der Waals surface area contributed by atoms with Gasteiger partial charge in [0.1, 0.15) is 0 Å². The molecule has 0 aromatic heterocycles. The third-order valence-electron chi connectivity index (χ3n) is 2.50. The van der Waals surface area contributed by atoms with Crippen molar-refractivity contribution in [1.82, 2.24) is 0 Å². The van der Waals surface area contributed by atoms with E-state index < -0.39 is 0 Å². The zero-order valence-electron chi connectivity index (χ0n) is 9.83. The minimum atomic E-state index is 0.967. The van der Waals surface area contributed by atoms with Gasteiger partial charge in [0.05, 0.1) is 0 Å². The molecule has 0 heterocycles. The number of rotatable bonds is 10. The van der Waals surface area contributed by atoms with Crippen molar-refractivity contribution in [3.8, 4) is 0 Å². The minimum absolute atomic E-state index is 0.967. The van der Waals surface area contributed by atoms with Crippen LogP contribution in [0.5, 0.6) is 0 Å². The van der Waals surface area contributed by atoms with E-state index in [0.29, 0.717) is 0 Å². The Hall–Kier alpha value is 0.709. The van der Waals surface area contributed by atoms with Crippen molar-refractivity contribution in [3.05, 3.63) is 0 Å². The van der Waals surface area contributed by atoms with Gasteiger partial charge >= 0.3 is 105 Å². The molecule has 0 saturated heterocycles. The van der Waals surface area contributed by atoms with E-state index in [9.17, 15) is 0 Å². The van der Waals surface area contributed by atoms with Crippen LogP contribution in [0.4, 0.5) is 0 Å². The molecule has 0 bridgehead atoms. The summed E-state index contributed by atoms with van der Waals surface area (Å²) in [4.78, 5) is 4.29. The summed E-state index contributed by atoms with van der Waals surface area (Å²) in [6, 6.07) is 0. The van der Waals surface area contributed by atoms with Crippen molar-refractivity contribution in [1.29, 1.82) is 0 Å². The van der Waals surface area contributed by atoms with Gasteiger partial charge in [0.15, 0.2) is 0 Å². The maximum absolute atomic E-state index is 4.29. The first-order chi connectivity index (χ1) is 7.27. The molecule has 0 spiro atoms. The summed E-state index contributed by atoms with van der Waals surface area (Å²) < 4.78 is 0.967. The summed E-state index contributed by atoms with van der Waals surface area (Å²) in [7, 11) is 0. The molecule has 0 aliphatic carbocycles. The van der Waals surface area contributed by atoms with Gasteiger partial charge in [-0.1, -0.05) is 6.92 Å². The molecule has 0 atom stereocenters. The molecule has 15 heavy (non-hydrogen) atoms. The predicted octanol–water partition coefficient (Wildman–Crippen LogP) is 3.21. The van der Waals surface area contributed by atoms with Crippen LogP contribution in [0.1, 0.15) is 64.7 Å². The Bertz CT molecular complexity index is 154. The SMILES string of the molecule is CCCCCCCCCCCN=C([Se])[Se]. The fraction of sp³-hybridized carbons (Fsp3) is 0.917. The molecule has 0 aromatic carbocycles. The average molecular weight is 339 g/mol. The first-order valence-corrected chi connectivity index (χ1v) is 7.87. The molecule has 2 radical (unpaired) electrons. The number of hydrogen-bond acceptors (Lipinski definition) is 1. The van der Waals surface area contributed by atoms with E-state index in [-0.39, 0.29) is 0 Å². The number of unbranched alkanes of at least 4 members (excludes halogenated alkanes) is 8. The Kier molecular flexibility index (Phi) is 13.4. The van der Waals surface area contributed by atoms with Crippen LogP contribution in [0.25, 0.3) is 0 Å². The molecule has 1 nitrogen and oxygen atoms in total. The van der Waals surface area contributed by atoms with Crippen LogP contribution in [0.15, 0.2) is 4.99 Å². The van der Waals surface area contributed by atoms with E-state index in [1.807, 2.05) is 0 Å². The monoisotopic (exact) mass is 341 g/mol. The van der Waals surface area contributed by atoms with Gasteiger partial charge in [0.25, 0.3) is 0 Å². The zero-order valence-corrected chi connectivity index (χ0v) is 13.3. The quantitative estimate of drug-likeness (QED) is 0.329. The van der Waals surface area contributed by atoms with Gasteiger partial charge in [-0.05, 0) is 0 Å². The van der Waals surface area contributed by atoms with Gasteiger partial charge in [0, 0.05) is 0 Å². The number of nitrogens with zero attached hydrogens (tertiary/aromatic N) is 1. The topological polar surface area (TPSA) is 12.4 Å². The summed E-state index contributed by atoms with van der Waals surface area (Å²) in [5.41, 5.74) is 0. The third kappa shape index (κ3) is 14.7. The molecule has 0 amide bonds. The third-order valence-corrected chi connectivity index (χ3v) is 3.04. The molecular weight excluding hydrogens is 316 g/mol. The second-order valence-corrected chi connectivity index (χ2v) is 6.91. The molecule has 0 saturated carbocycles. The molecule has 0 N–H and O–H groups in total. The second-order valence-electron chi connectivity index (χ2n) is 3.98. The van der Waals surface area contributed by atoms with Crippen molar-refractivity contribution in [2.75, 3.05) is 6.54 Å². The molecule has 0 rings (SSSR count). The summed E-state index contributed by atoms with van der Waals surface area (Å²) in [5, 5.41) is 0. The summed E-state index contributed by atoms with van der Waals surface area (Å²) in [5.74, 6) is 0. The fourth-order valence-electron chi connectivity index (χ4n) is 1.59. The molecular formula is C12H23NSe2. The van der Waals surface area contributed by atoms with Gasteiger partial charge < -0.3 is 0 Å². The van der Waals surface area contributed by atoms with E-state index in [1.54, 1.807) is 0 Å². The predicted molar refractivity (Wildman–Crippen MR) is 71.0 cm³/mol. The Morgan fingerprint density at radius 1 is 0.800 bits per heavy atom. The summed E-state index contributed by atoms with van der Waals surface area (Å²) >= 11 is 5.73. The zero-order chi connectivity index (χ0) is 11.4. The molecule has 0 unspecified atom stereocenters. The Morgan fingerprint density at radius 3 is 1.73 bits per heavy atom. The van der Waals surface area contributed by atoms with Crippen LogP contribution in [-0.4, -0.2) is 42.1 Å². The van der Waals surface area contributed by atoms with Gasteiger partial charge in [-0.3, -0.25) is 0 Å². The van der Waals surface area contributed by atoms with Crippen LogP contribution in [0.2, 0.25) is 0 Å². The Labute approximate surface area is 112 Å². The van der Waals surface area contributed by atoms with Crippen molar-refractivity contribution >= 4 is 35.5 Å². The Balaban J connectivity index is 2.96. The Morgan fingerprint density at radius 2 is 1.27 bits per heavy atom. The van der Waals surface area contributed by atoms with E-state index in [1.165, 1.54) is 57.8 Å². The first-order valence-electron chi connectivity index (χ1n) is 6.16. The molecule has 88 valence electrons. The molecule has 0 fully saturated rings. The summed E-state index contributed by atoms with van der Waals surface area (Å²) in [6.07, 6.45) is 12.4. The van der Waals surface area contributed by atoms with E-state index in [0.717, 1.165) is 10.1 Å². The van der Waals surface area contributed by atoms with Crippen LogP contribution >= 0.6 is 0 Å². The number of aliphatic imine (C=N–C) groups is 1. The van der Waals surface area contributed by atoms with Crippen molar-refractivity contribution in [2.24, 2.45) is 4.99 Å². The molecule has 0 aromatic rings. The first kappa shape index (κ1) is 15.7. The van der Waals surface area contributed by atoms with E-state index in [2.05, 4.69) is 43.9 Å². The van der Waals surface area contributed by atoms with Gasteiger partial charge in [-0.25, -0.2) is 0 Å². The van der Waals surface area contributed by atoms with Gasteiger partial charge in [0.2, 0.25) is 0 Å². The van der Waals surface area contributed by atoms with Crippen LogP contribution in [-0.2, 0) is 0 Å². The maximum atomic E-state index is 4.29. The van der Waals surface area contributed by atoms with Gasteiger partial charge in [-0.2, -0.15) is 0 Å². The van der Waals surface area contributed by atoms with E-state index in [4.69, 9.17) is 0 Å². The summed E-state index contributed by atoms with van der Waals surface area (Å²) in [6.45, 7) is 3.25. The van der Waals surface area contributed by atoms with E-state index >= 15 is 0 Å². The average Bonchev–Trinajstić information content (AvgIpc) is 2.20. The number of hydrogen-bond donors (Lipinski definition) is 0. The molecule has 0 aliphatic heterocycles. The second kappa shape index (κ2) is 12.8. The fourth-order valence-corrected chi connectivity index (χ4v) is 1.98. The van der Waals surface area contributed by atoms with Gasteiger partial charge in [-0.15, -0.1) is 0 Å². The van der Waals surface area contributed by atoms with Crippen molar-refractivity contribution in [2.45, 2.75) is 64.7 Å². The van der Waals surface area contributed by atoms with Crippen LogP contribution in [0, 0.1) is 0 Å². The standard InChI is InChI=1S/C12H23NSe2/c1-2-3-4-5-6-7-8-9-10-11-13-12(14)15/h2-11H2,1H3. The molecule has 0 aliphatic rings. The van der Waals surface area contributed by atoms with Crippen LogP contribution < -0.4 is 0 Å². The van der Waals surface area contributed by atoms with Crippen LogP contribution in [0.3, 0.4) is 0 Å². The van der Waals surface area contributed by atoms with Crippen molar-refractivity contribution < 1.29 is 0 Å². The van der Waals surface area contributed by atoms with Crippen molar-refractivity contribution in [3.63, 3.8) is 0 Å². The molecule has 3 heteroatoms. The normalized spacial score (nSPS) is 10.2.